The highest BCUT2D eigenvalue weighted by Gasteiger charge is 2.18. The maximum absolute atomic E-state index is 12.7. The Morgan fingerprint density at radius 3 is 2.05 bits per heavy atom. The summed E-state index contributed by atoms with van der Waals surface area (Å²) in [5.74, 6) is -0.962. The number of methoxy groups -OCH3 is 2. The quantitative estimate of drug-likeness (QED) is 0.0282. The maximum atomic E-state index is 12.7. The molecule has 0 aliphatic heterocycles. The number of azo groups is 2. The van der Waals surface area contributed by atoms with Crippen LogP contribution in [0.15, 0.2) is 134 Å². The van der Waals surface area contributed by atoms with Crippen LogP contribution in [0.1, 0.15) is 10.4 Å². The van der Waals surface area contributed by atoms with E-state index in [0.29, 0.717) is 39.9 Å². The molecule has 0 atom stereocenters. The van der Waals surface area contributed by atoms with Crippen LogP contribution in [0.5, 0.6) is 17.2 Å². The number of sulfonamides is 1. The van der Waals surface area contributed by atoms with E-state index in [2.05, 4.69) is 49.8 Å². The fourth-order valence-corrected chi connectivity index (χ4v) is 6.41. The van der Waals surface area contributed by atoms with E-state index in [0.717, 1.165) is 0 Å². The van der Waals surface area contributed by atoms with Crippen molar-refractivity contribution in [2.24, 2.45) is 20.5 Å². The third kappa shape index (κ3) is 9.09. The standard InChI is InChI=1S/C35H28N8O10S2/c1-50-29-19-28(30(51-2)18-27(29)40-39-23-10-12-25(13-11-23)55(48,49)43-35-36-14-3-15-37-35)41-42-32-31(54-53-52-47)16-21-6-9-24(17-26(21)33(32)44)38-22-7-4-20(5-8-22)34(45)46/h3-19,38,44,47H,1-2H3,(H,45,46)(H,36,37,43). The second kappa shape index (κ2) is 17.0. The van der Waals surface area contributed by atoms with Gasteiger partial charge >= 0.3 is 5.97 Å². The van der Waals surface area contributed by atoms with Crippen molar-refractivity contribution < 1.29 is 47.5 Å². The van der Waals surface area contributed by atoms with E-state index in [9.17, 15) is 23.4 Å². The number of phenols is 1. The zero-order valence-corrected chi connectivity index (χ0v) is 30.1. The molecule has 0 spiro atoms. The number of rotatable bonds is 15. The maximum Gasteiger partial charge on any atom is 0.335 e. The highest BCUT2D eigenvalue weighted by Crippen LogP contribution is 2.46. The predicted molar refractivity (Wildman–Crippen MR) is 200 cm³/mol. The Hall–Kier alpha value is -6.71. The molecule has 0 radical (unpaired) electrons. The number of benzene rings is 5. The van der Waals surface area contributed by atoms with Crippen LogP contribution in [-0.4, -0.2) is 54.0 Å². The van der Waals surface area contributed by atoms with E-state index in [-0.39, 0.29) is 55.6 Å². The number of ether oxygens (including phenoxy) is 2. The van der Waals surface area contributed by atoms with Crippen molar-refractivity contribution in [1.82, 2.24) is 9.97 Å². The number of aromatic hydroxyl groups is 1. The Kier molecular flexibility index (Phi) is 11.7. The summed E-state index contributed by atoms with van der Waals surface area (Å²) >= 11 is 0.573. The first-order valence-corrected chi connectivity index (χ1v) is 17.8. The van der Waals surface area contributed by atoms with E-state index in [4.69, 9.17) is 14.7 Å². The summed E-state index contributed by atoms with van der Waals surface area (Å²) < 4.78 is 43.4. The van der Waals surface area contributed by atoms with Gasteiger partial charge in [-0.3, -0.25) is 0 Å². The summed E-state index contributed by atoms with van der Waals surface area (Å²) in [5, 5.41) is 54.4. The highest BCUT2D eigenvalue weighted by molar-refractivity contribution is 7.94. The molecule has 1 aromatic heterocycles. The lowest BCUT2D eigenvalue weighted by molar-refractivity contribution is -0.432. The first-order valence-electron chi connectivity index (χ1n) is 15.6. The molecule has 1 heterocycles. The zero-order chi connectivity index (χ0) is 39.0. The zero-order valence-electron chi connectivity index (χ0n) is 28.5. The summed E-state index contributed by atoms with van der Waals surface area (Å²) in [6.07, 6.45) is 2.82. The SMILES string of the molecule is COc1cc(N=Nc2c(SOOO)cc3ccc(Nc4ccc(C(=O)O)cc4)cc3c2O)c(OC)cc1N=Nc1ccc(S(=O)(=O)Nc2ncccn2)cc1. The van der Waals surface area contributed by atoms with E-state index in [1.807, 2.05) is 0 Å². The Bertz CT molecular complexity index is 2510. The predicted octanol–water partition coefficient (Wildman–Crippen LogP) is 8.85. The van der Waals surface area contributed by atoms with Crippen molar-refractivity contribution in [2.45, 2.75) is 9.79 Å². The van der Waals surface area contributed by atoms with Crippen molar-refractivity contribution >= 4 is 78.9 Å². The number of hydrogen-bond acceptors (Lipinski definition) is 17. The minimum absolute atomic E-state index is 0.0377. The Labute approximate surface area is 316 Å². The molecular weight excluding hydrogens is 757 g/mol. The molecule has 55 heavy (non-hydrogen) atoms. The van der Waals surface area contributed by atoms with Crippen LogP contribution < -0.4 is 19.5 Å². The van der Waals surface area contributed by atoms with Crippen LogP contribution in [0.2, 0.25) is 0 Å². The van der Waals surface area contributed by atoms with Crippen LogP contribution >= 0.6 is 12.0 Å². The van der Waals surface area contributed by atoms with Gasteiger partial charge in [-0.15, -0.1) is 19.7 Å². The van der Waals surface area contributed by atoms with Crippen LogP contribution in [0.4, 0.5) is 40.1 Å². The fraction of sp³-hybridized carbons (Fsp3) is 0.0571. The number of carbonyl (C=O) groups is 1. The number of nitrogens with zero attached hydrogens (tertiary/aromatic N) is 6. The van der Waals surface area contributed by atoms with Crippen LogP contribution in [0.3, 0.4) is 0 Å². The van der Waals surface area contributed by atoms with Gasteiger partial charge in [0.1, 0.15) is 28.6 Å². The Balaban J connectivity index is 1.27. The topological polar surface area (TPSA) is 248 Å². The van der Waals surface area contributed by atoms with Gasteiger partial charge in [0.25, 0.3) is 10.0 Å². The van der Waals surface area contributed by atoms with Gasteiger partial charge in [-0.25, -0.2) is 33.2 Å². The third-order valence-corrected chi connectivity index (χ3v) is 9.54. The molecule has 6 rings (SSSR count). The highest BCUT2D eigenvalue weighted by atomic mass is 32.2. The lowest BCUT2D eigenvalue weighted by Gasteiger charge is -2.12. The van der Waals surface area contributed by atoms with Crippen LogP contribution in [-0.2, 0) is 19.4 Å². The normalized spacial score (nSPS) is 11.6. The van der Waals surface area contributed by atoms with Gasteiger partial charge in [0.2, 0.25) is 5.95 Å². The van der Waals surface area contributed by atoms with Crippen molar-refractivity contribution in [3.8, 4) is 17.2 Å². The van der Waals surface area contributed by atoms with Gasteiger partial charge in [0.15, 0.2) is 5.75 Å². The molecule has 0 amide bonds. The minimum atomic E-state index is -3.95. The number of aromatic carboxylic acids is 1. The minimum Gasteiger partial charge on any atom is -0.505 e. The van der Waals surface area contributed by atoms with Gasteiger partial charge in [-0.1, -0.05) is 11.1 Å². The van der Waals surface area contributed by atoms with Gasteiger partial charge in [0, 0.05) is 41.3 Å². The van der Waals surface area contributed by atoms with Gasteiger partial charge in [-0.05, 0) is 78.2 Å². The Morgan fingerprint density at radius 1 is 0.800 bits per heavy atom. The molecule has 20 heteroatoms. The summed E-state index contributed by atoms with van der Waals surface area (Å²) in [5.41, 5.74) is 2.04. The largest absolute Gasteiger partial charge is 0.505 e. The van der Waals surface area contributed by atoms with Crippen LogP contribution in [0, 0.1) is 0 Å². The molecule has 0 unspecified atom stereocenters. The molecule has 0 saturated heterocycles. The van der Waals surface area contributed by atoms with Gasteiger partial charge < -0.3 is 25.0 Å². The number of carboxylic acids is 1. The van der Waals surface area contributed by atoms with Crippen molar-refractivity contribution in [3.63, 3.8) is 0 Å². The summed E-state index contributed by atoms with van der Waals surface area (Å²) in [4.78, 5) is 19.1. The summed E-state index contributed by atoms with van der Waals surface area (Å²) in [7, 11) is -1.14. The van der Waals surface area contributed by atoms with Crippen molar-refractivity contribution in [3.05, 3.63) is 109 Å². The van der Waals surface area contributed by atoms with E-state index < -0.39 is 16.0 Å². The van der Waals surface area contributed by atoms with E-state index in [1.54, 1.807) is 42.5 Å². The average Bonchev–Trinajstić information content (AvgIpc) is 3.19. The molecule has 18 nitrogen and oxygen atoms in total. The summed E-state index contributed by atoms with van der Waals surface area (Å²) in [6.45, 7) is 0. The molecule has 5 N–H and O–H groups in total. The molecular formula is C35H28N8O10S2. The second-order valence-corrected chi connectivity index (χ2v) is 13.4. The number of carboxylic acid groups (broad SMARTS) is 1. The number of anilines is 3. The van der Waals surface area contributed by atoms with Gasteiger partial charge in [0.05, 0.1) is 47.3 Å². The van der Waals surface area contributed by atoms with E-state index >= 15 is 0 Å². The lowest BCUT2D eigenvalue weighted by Crippen LogP contribution is -2.14. The average molecular weight is 785 g/mol. The smallest absolute Gasteiger partial charge is 0.335 e. The third-order valence-electron chi connectivity index (χ3n) is 7.58. The second-order valence-electron chi connectivity index (χ2n) is 11.0. The van der Waals surface area contributed by atoms with Gasteiger partial charge in [-0.2, -0.15) is 5.11 Å². The monoisotopic (exact) mass is 784 g/mol. The number of phenolic OH excluding ortho intramolecular Hbond substituents is 1. The lowest BCUT2D eigenvalue weighted by atomic mass is 10.1. The van der Waals surface area contributed by atoms with E-state index in [1.165, 1.54) is 75.1 Å². The summed E-state index contributed by atoms with van der Waals surface area (Å²) in [6, 6.07) is 23.1. The molecule has 6 aromatic rings. The molecule has 5 aromatic carbocycles. The fourth-order valence-electron chi connectivity index (χ4n) is 4.95. The molecule has 280 valence electrons. The molecule has 0 aliphatic rings. The Morgan fingerprint density at radius 2 is 1.44 bits per heavy atom. The van der Waals surface area contributed by atoms with Crippen molar-refractivity contribution in [1.29, 1.82) is 0 Å². The number of hydrogen-bond donors (Lipinski definition) is 5. The number of nitrogens with one attached hydrogen (secondary N) is 2. The number of aromatic nitrogens is 2. The van der Waals surface area contributed by atoms with Crippen LogP contribution in [0.25, 0.3) is 10.8 Å². The number of fused-ring (bicyclic) bond motifs is 1. The molecule has 0 bridgehead atoms. The first kappa shape index (κ1) is 38.0. The molecule has 0 saturated carbocycles. The van der Waals surface area contributed by atoms with Crippen molar-refractivity contribution in [2.75, 3.05) is 24.3 Å². The first-order chi connectivity index (χ1) is 26.6. The molecule has 0 fully saturated rings. The molecule has 0 aliphatic carbocycles.